The van der Waals surface area contributed by atoms with E-state index in [1.165, 1.54) is 53.7 Å². The number of hydrogen-bond donors (Lipinski definition) is 0. The number of carbonyl (C=O) groups excluding carboxylic acids is 1. The molecule has 0 spiro atoms. The second-order valence-corrected chi connectivity index (χ2v) is 9.24. The second-order valence-electron chi connectivity index (χ2n) is 9.24. The van der Waals surface area contributed by atoms with Crippen molar-refractivity contribution in [2.45, 2.75) is 58.0 Å². The fourth-order valence-corrected chi connectivity index (χ4v) is 4.97. The van der Waals surface area contributed by atoms with Crippen LogP contribution in [0.2, 0.25) is 0 Å². The average molecular weight is 425 g/mol. The summed E-state index contributed by atoms with van der Waals surface area (Å²) < 4.78 is 0. The maximum Gasteiger partial charge on any atom is 0.225 e. The van der Waals surface area contributed by atoms with Gasteiger partial charge in [-0.2, -0.15) is 0 Å². The van der Waals surface area contributed by atoms with Crippen LogP contribution in [-0.2, 0) is 24.2 Å². The Bertz CT molecular complexity index is 890. The van der Waals surface area contributed by atoms with Crippen molar-refractivity contribution >= 4 is 18.3 Å². The van der Waals surface area contributed by atoms with Gasteiger partial charge in [0.1, 0.15) is 0 Å². The average Bonchev–Trinajstić information content (AvgIpc) is 3.53. The van der Waals surface area contributed by atoms with Gasteiger partial charge in [0, 0.05) is 31.6 Å². The minimum atomic E-state index is 0. The highest BCUT2D eigenvalue weighted by atomic mass is 35.5. The Morgan fingerprint density at radius 3 is 2.43 bits per heavy atom. The predicted molar refractivity (Wildman–Crippen MR) is 125 cm³/mol. The van der Waals surface area contributed by atoms with Crippen molar-refractivity contribution in [2.75, 3.05) is 19.6 Å². The van der Waals surface area contributed by atoms with Gasteiger partial charge in [0.25, 0.3) is 0 Å². The summed E-state index contributed by atoms with van der Waals surface area (Å²) in [4.78, 5) is 17.1. The normalized spacial score (nSPS) is 21.2. The Morgan fingerprint density at radius 1 is 0.967 bits per heavy atom. The lowest BCUT2D eigenvalue weighted by Gasteiger charge is -2.29. The number of benzene rings is 2. The number of rotatable bonds is 5. The molecule has 5 rings (SSSR count). The van der Waals surface area contributed by atoms with Crippen LogP contribution < -0.4 is 0 Å². The van der Waals surface area contributed by atoms with Crippen LogP contribution in [-0.4, -0.2) is 41.4 Å². The van der Waals surface area contributed by atoms with Crippen LogP contribution in [0.25, 0.3) is 11.1 Å². The monoisotopic (exact) mass is 424 g/mol. The lowest BCUT2D eigenvalue weighted by molar-refractivity contribution is -0.133. The molecule has 1 saturated carbocycles. The molecule has 0 aromatic heterocycles. The summed E-state index contributed by atoms with van der Waals surface area (Å²) in [6, 6.07) is 16.7. The molecule has 1 aliphatic carbocycles. The first-order chi connectivity index (χ1) is 14.2. The van der Waals surface area contributed by atoms with Gasteiger partial charge in [-0.25, -0.2) is 0 Å². The molecule has 2 fully saturated rings. The molecule has 0 N–H and O–H groups in total. The molecule has 0 bridgehead atoms. The number of amides is 1. The van der Waals surface area contributed by atoms with Crippen LogP contribution in [0.4, 0.5) is 0 Å². The molecule has 2 heterocycles. The first-order valence-corrected chi connectivity index (χ1v) is 11.4. The predicted octanol–water partition coefficient (Wildman–Crippen LogP) is 5.10. The first kappa shape index (κ1) is 21.4. The number of carbonyl (C=O) groups is 1. The zero-order valence-electron chi connectivity index (χ0n) is 18.0. The second kappa shape index (κ2) is 9.11. The quantitative estimate of drug-likeness (QED) is 0.666. The Balaban J connectivity index is 0.00000218. The van der Waals surface area contributed by atoms with E-state index >= 15 is 0 Å². The minimum absolute atomic E-state index is 0. The standard InChI is InChI=1S/C26H32N2O.ClH/c1-19-3-2-14-27(19)15-12-20-4-6-21(7-5-20)23-10-11-25-18-28(16-13-24(25)17-23)26(29)22-8-9-22;/h4-7,10-11,17,19,22H,2-3,8-9,12-16,18H2,1H3;1H. The number of fused-ring (bicyclic) bond motifs is 1. The molecule has 2 aromatic rings. The van der Waals surface area contributed by atoms with Crippen molar-refractivity contribution < 1.29 is 4.79 Å². The third-order valence-corrected chi connectivity index (χ3v) is 7.12. The third kappa shape index (κ3) is 4.58. The van der Waals surface area contributed by atoms with E-state index in [1.807, 2.05) is 0 Å². The summed E-state index contributed by atoms with van der Waals surface area (Å²) in [7, 11) is 0. The number of likely N-dealkylation sites (tertiary alicyclic amines) is 1. The smallest absolute Gasteiger partial charge is 0.225 e. The van der Waals surface area contributed by atoms with Gasteiger partial charge in [-0.3, -0.25) is 4.79 Å². The summed E-state index contributed by atoms with van der Waals surface area (Å²) in [5.74, 6) is 0.696. The zero-order chi connectivity index (χ0) is 19.8. The Morgan fingerprint density at radius 2 is 1.73 bits per heavy atom. The van der Waals surface area contributed by atoms with E-state index in [2.05, 4.69) is 59.2 Å². The van der Waals surface area contributed by atoms with E-state index in [0.717, 1.165) is 44.8 Å². The third-order valence-electron chi connectivity index (χ3n) is 7.12. The van der Waals surface area contributed by atoms with Crippen LogP contribution >= 0.6 is 12.4 Å². The van der Waals surface area contributed by atoms with E-state index < -0.39 is 0 Å². The largest absolute Gasteiger partial charge is 0.338 e. The van der Waals surface area contributed by atoms with Crippen LogP contribution in [0.1, 0.15) is 49.3 Å². The molecule has 160 valence electrons. The summed E-state index contributed by atoms with van der Waals surface area (Å²) in [6.45, 7) is 6.46. The Labute approximate surface area is 186 Å². The molecule has 3 aliphatic rings. The molecule has 30 heavy (non-hydrogen) atoms. The van der Waals surface area contributed by atoms with E-state index in [1.54, 1.807) is 0 Å². The lowest BCUT2D eigenvalue weighted by atomic mass is 9.94. The van der Waals surface area contributed by atoms with Gasteiger partial charge in [0.05, 0.1) is 0 Å². The molecule has 4 heteroatoms. The molecular formula is C26H33ClN2O. The Kier molecular flexibility index (Phi) is 6.50. The fourth-order valence-electron chi connectivity index (χ4n) is 4.97. The molecule has 1 saturated heterocycles. The molecule has 2 aliphatic heterocycles. The highest BCUT2D eigenvalue weighted by Gasteiger charge is 2.34. The van der Waals surface area contributed by atoms with Crippen LogP contribution in [0.3, 0.4) is 0 Å². The van der Waals surface area contributed by atoms with Crippen molar-refractivity contribution in [2.24, 2.45) is 5.92 Å². The molecule has 1 atom stereocenters. The number of halogens is 1. The van der Waals surface area contributed by atoms with E-state index in [9.17, 15) is 4.79 Å². The molecule has 1 unspecified atom stereocenters. The van der Waals surface area contributed by atoms with Gasteiger partial charge in [-0.15, -0.1) is 12.4 Å². The van der Waals surface area contributed by atoms with Gasteiger partial charge < -0.3 is 9.80 Å². The topological polar surface area (TPSA) is 23.6 Å². The van der Waals surface area contributed by atoms with Gasteiger partial charge in [0.2, 0.25) is 5.91 Å². The summed E-state index contributed by atoms with van der Waals surface area (Å²) >= 11 is 0. The van der Waals surface area contributed by atoms with Crippen molar-refractivity contribution in [3.63, 3.8) is 0 Å². The number of nitrogens with zero attached hydrogens (tertiary/aromatic N) is 2. The summed E-state index contributed by atoms with van der Waals surface area (Å²) in [5, 5.41) is 0. The van der Waals surface area contributed by atoms with Gasteiger partial charge in [-0.1, -0.05) is 42.5 Å². The molecule has 1 amide bonds. The fraction of sp³-hybridized carbons (Fsp3) is 0.500. The molecule has 3 nitrogen and oxygen atoms in total. The highest BCUT2D eigenvalue weighted by Crippen LogP contribution is 2.33. The van der Waals surface area contributed by atoms with Crippen LogP contribution in [0.5, 0.6) is 0 Å². The maximum atomic E-state index is 12.4. The lowest BCUT2D eigenvalue weighted by Crippen LogP contribution is -2.36. The van der Waals surface area contributed by atoms with Crippen molar-refractivity contribution in [3.8, 4) is 11.1 Å². The zero-order valence-corrected chi connectivity index (χ0v) is 18.8. The van der Waals surface area contributed by atoms with Crippen molar-refractivity contribution in [3.05, 3.63) is 59.2 Å². The molecular weight excluding hydrogens is 392 g/mol. The van der Waals surface area contributed by atoms with Gasteiger partial charge in [0.15, 0.2) is 0 Å². The SMILES string of the molecule is CC1CCCN1CCc1ccc(-c2ccc3c(c2)CCN(C(=O)C2CC2)C3)cc1.Cl. The van der Waals surface area contributed by atoms with Crippen LogP contribution in [0.15, 0.2) is 42.5 Å². The Hall–Kier alpha value is -1.84. The maximum absolute atomic E-state index is 12.4. The van der Waals surface area contributed by atoms with Gasteiger partial charge >= 0.3 is 0 Å². The van der Waals surface area contributed by atoms with Gasteiger partial charge in [-0.05, 0) is 79.8 Å². The summed E-state index contributed by atoms with van der Waals surface area (Å²) in [6.07, 6.45) is 7.00. The highest BCUT2D eigenvalue weighted by molar-refractivity contribution is 5.85. The molecule has 0 radical (unpaired) electrons. The van der Waals surface area contributed by atoms with Crippen molar-refractivity contribution in [1.29, 1.82) is 0 Å². The van der Waals surface area contributed by atoms with Crippen molar-refractivity contribution in [1.82, 2.24) is 9.80 Å². The van der Waals surface area contributed by atoms with Crippen LogP contribution in [0, 0.1) is 5.92 Å². The summed E-state index contributed by atoms with van der Waals surface area (Å²) in [5.41, 5.74) is 6.76. The van der Waals surface area contributed by atoms with E-state index in [4.69, 9.17) is 0 Å². The van der Waals surface area contributed by atoms with E-state index in [0.29, 0.717) is 11.8 Å². The van der Waals surface area contributed by atoms with E-state index in [-0.39, 0.29) is 12.4 Å². The minimum Gasteiger partial charge on any atom is -0.338 e. The number of hydrogen-bond acceptors (Lipinski definition) is 2. The first-order valence-electron chi connectivity index (χ1n) is 11.4. The molecule has 2 aromatic carbocycles.